The smallest absolute Gasteiger partial charge is 0.255 e. The molecule has 33 heavy (non-hydrogen) atoms. The van der Waals surface area contributed by atoms with Gasteiger partial charge in [0.2, 0.25) is 5.97 Å². The number of halogens is 3. The summed E-state index contributed by atoms with van der Waals surface area (Å²) < 4.78 is 13.6. The van der Waals surface area contributed by atoms with Gasteiger partial charge < -0.3 is 15.7 Å². The number of hydrogen-bond acceptors (Lipinski definition) is 5. The minimum Gasteiger partial charge on any atom is -0.404 e. The summed E-state index contributed by atoms with van der Waals surface area (Å²) in [5.74, 6) is -1.46. The van der Waals surface area contributed by atoms with Crippen molar-refractivity contribution in [3.63, 3.8) is 0 Å². The van der Waals surface area contributed by atoms with Crippen molar-refractivity contribution >= 4 is 40.6 Å². The zero-order valence-electron chi connectivity index (χ0n) is 17.9. The summed E-state index contributed by atoms with van der Waals surface area (Å²) in [6, 6.07) is 12.1. The van der Waals surface area contributed by atoms with Crippen LogP contribution in [-0.4, -0.2) is 59.0 Å². The molecule has 4 rings (SSSR count). The molecule has 2 aromatic carbocycles. The van der Waals surface area contributed by atoms with Crippen molar-refractivity contribution in [2.24, 2.45) is 5.73 Å². The van der Waals surface area contributed by atoms with Gasteiger partial charge in [0.25, 0.3) is 5.91 Å². The molecule has 174 valence electrons. The molecule has 2 aliphatic heterocycles. The molecule has 0 radical (unpaired) electrons. The van der Waals surface area contributed by atoms with Crippen molar-refractivity contribution in [3.8, 4) is 0 Å². The second-order valence-corrected chi connectivity index (χ2v) is 9.33. The molecule has 2 fully saturated rings. The van der Waals surface area contributed by atoms with Gasteiger partial charge in [-0.1, -0.05) is 47.5 Å². The van der Waals surface area contributed by atoms with Crippen molar-refractivity contribution in [1.29, 1.82) is 5.41 Å². The number of fused-ring (bicyclic) bond motifs is 1. The predicted octanol–water partition coefficient (Wildman–Crippen LogP) is 4.05. The number of nitrogens with one attached hydrogen (secondary N) is 1. The topological polar surface area (TPSA) is 93.6 Å². The average molecular weight is 491 g/mol. The SMILES string of the molecule is N=C(F)/C(=C\N)c1cccc(C(=O)N2CCN3C[C@](O)(c4ccc(Cl)cc4)CC[C@H]3C2)c1Cl. The summed E-state index contributed by atoms with van der Waals surface area (Å²) in [6.45, 7) is 2.09. The van der Waals surface area contributed by atoms with E-state index in [1.54, 1.807) is 29.2 Å². The molecular weight excluding hydrogens is 466 g/mol. The number of allylic oxidation sites excluding steroid dienone is 1. The van der Waals surface area contributed by atoms with Crippen molar-refractivity contribution in [3.05, 3.63) is 75.4 Å². The first-order valence-corrected chi connectivity index (χ1v) is 11.5. The lowest BCUT2D eigenvalue weighted by molar-refractivity contribution is -0.0740. The Morgan fingerprint density at radius 1 is 1.18 bits per heavy atom. The lowest BCUT2D eigenvalue weighted by atomic mass is 9.82. The van der Waals surface area contributed by atoms with Gasteiger partial charge in [0.15, 0.2) is 0 Å². The normalized spacial score (nSPS) is 23.8. The van der Waals surface area contributed by atoms with Crippen LogP contribution in [0.2, 0.25) is 10.0 Å². The maximum Gasteiger partial charge on any atom is 0.255 e. The van der Waals surface area contributed by atoms with E-state index in [9.17, 15) is 14.3 Å². The first-order valence-electron chi connectivity index (χ1n) is 10.7. The summed E-state index contributed by atoms with van der Waals surface area (Å²) in [7, 11) is 0. The highest BCUT2D eigenvalue weighted by Gasteiger charge is 2.42. The number of nitrogens with two attached hydrogens (primary N) is 1. The van der Waals surface area contributed by atoms with E-state index >= 15 is 0 Å². The Bertz CT molecular complexity index is 1110. The van der Waals surface area contributed by atoms with E-state index in [0.29, 0.717) is 37.6 Å². The number of carbonyl (C=O) groups excluding carboxylic acids is 1. The van der Waals surface area contributed by atoms with Crippen LogP contribution in [0, 0.1) is 5.41 Å². The van der Waals surface area contributed by atoms with Crippen LogP contribution in [0.4, 0.5) is 4.39 Å². The predicted molar refractivity (Wildman–Crippen MR) is 128 cm³/mol. The molecule has 0 spiro atoms. The van der Waals surface area contributed by atoms with E-state index in [2.05, 4.69) is 4.90 Å². The molecule has 2 saturated heterocycles. The molecule has 0 bridgehead atoms. The minimum atomic E-state index is -1.21. The number of aliphatic hydroxyl groups is 1. The minimum absolute atomic E-state index is 0.0739. The van der Waals surface area contributed by atoms with E-state index in [0.717, 1.165) is 18.2 Å². The third-order valence-corrected chi connectivity index (χ3v) is 7.21. The van der Waals surface area contributed by atoms with Crippen LogP contribution in [-0.2, 0) is 5.60 Å². The summed E-state index contributed by atoms with van der Waals surface area (Å²) in [5, 5.41) is 19.2. The second-order valence-electron chi connectivity index (χ2n) is 8.51. The summed E-state index contributed by atoms with van der Waals surface area (Å²) in [5.41, 5.74) is 5.65. The third-order valence-electron chi connectivity index (χ3n) is 6.55. The Morgan fingerprint density at radius 3 is 2.55 bits per heavy atom. The second kappa shape index (κ2) is 9.43. The van der Waals surface area contributed by atoms with Gasteiger partial charge in [-0.25, -0.2) is 0 Å². The molecule has 9 heteroatoms. The molecule has 0 unspecified atom stereocenters. The molecule has 2 aliphatic rings. The molecule has 0 aromatic heterocycles. The van der Waals surface area contributed by atoms with Crippen LogP contribution in [0.25, 0.3) is 5.57 Å². The van der Waals surface area contributed by atoms with Gasteiger partial charge >= 0.3 is 0 Å². The Hall–Kier alpha value is -2.45. The lowest BCUT2D eigenvalue weighted by Gasteiger charge is -2.49. The fourth-order valence-electron chi connectivity index (χ4n) is 4.73. The number of hydrogen-bond donors (Lipinski definition) is 3. The van der Waals surface area contributed by atoms with E-state index < -0.39 is 11.6 Å². The average Bonchev–Trinajstić information content (AvgIpc) is 2.80. The number of piperidine rings is 1. The third kappa shape index (κ3) is 4.64. The molecule has 0 aliphatic carbocycles. The molecule has 1 amide bonds. The quantitative estimate of drug-likeness (QED) is 0.563. The van der Waals surface area contributed by atoms with Crippen molar-refractivity contribution < 1.29 is 14.3 Å². The fourth-order valence-corrected chi connectivity index (χ4v) is 5.17. The number of benzene rings is 2. The maximum atomic E-state index is 13.6. The largest absolute Gasteiger partial charge is 0.404 e. The van der Waals surface area contributed by atoms with Crippen LogP contribution < -0.4 is 5.73 Å². The van der Waals surface area contributed by atoms with Crippen LogP contribution in [0.5, 0.6) is 0 Å². The Kier molecular flexibility index (Phi) is 6.77. The number of amides is 1. The Balaban J connectivity index is 1.49. The van der Waals surface area contributed by atoms with Crippen molar-refractivity contribution in [1.82, 2.24) is 9.80 Å². The van der Waals surface area contributed by atoms with Crippen LogP contribution in [0.3, 0.4) is 0 Å². The summed E-state index contributed by atoms with van der Waals surface area (Å²) in [6.07, 6.45) is 2.29. The maximum absolute atomic E-state index is 13.6. The molecule has 0 saturated carbocycles. The lowest BCUT2D eigenvalue weighted by Crippen LogP contribution is -2.60. The first kappa shape index (κ1) is 23.7. The molecule has 6 nitrogen and oxygen atoms in total. The first-order chi connectivity index (χ1) is 15.7. The fraction of sp³-hybridized carbons (Fsp3) is 0.333. The van der Waals surface area contributed by atoms with Gasteiger partial charge in [0, 0.05) is 49.0 Å². The Morgan fingerprint density at radius 2 is 1.88 bits per heavy atom. The van der Waals surface area contributed by atoms with Crippen LogP contribution in [0.15, 0.2) is 48.7 Å². The van der Waals surface area contributed by atoms with Gasteiger partial charge in [0.1, 0.15) is 5.60 Å². The molecular formula is C24H25Cl2FN4O2. The standard InChI is InChI=1S/C24H25Cl2FN4O2/c25-16-6-4-15(5-7-16)24(33)9-8-17-13-30(10-11-31(17)14-24)23(32)19-3-1-2-18(21(19)26)20(12-28)22(27)29/h1-7,12,17,29,33H,8-11,13-14,28H2/b20-12-,29-22?/t17-,24-/m0/s1. The summed E-state index contributed by atoms with van der Waals surface area (Å²) in [4.78, 5) is 17.2. The van der Waals surface area contributed by atoms with Gasteiger partial charge in [-0.15, -0.1) is 0 Å². The Labute approximate surface area is 201 Å². The van der Waals surface area contributed by atoms with Gasteiger partial charge in [-0.2, -0.15) is 4.39 Å². The van der Waals surface area contributed by atoms with E-state index in [-0.39, 0.29) is 33.7 Å². The van der Waals surface area contributed by atoms with E-state index in [1.807, 2.05) is 12.1 Å². The van der Waals surface area contributed by atoms with Crippen molar-refractivity contribution in [2.45, 2.75) is 24.5 Å². The highest BCUT2D eigenvalue weighted by atomic mass is 35.5. The van der Waals surface area contributed by atoms with Crippen LogP contribution in [0.1, 0.15) is 34.3 Å². The monoisotopic (exact) mass is 490 g/mol. The van der Waals surface area contributed by atoms with Crippen molar-refractivity contribution in [2.75, 3.05) is 26.2 Å². The number of nitrogens with zero attached hydrogens (tertiary/aromatic N) is 2. The molecule has 2 aromatic rings. The van der Waals surface area contributed by atoms with Gasteiger partial charge in [-0.3, -0.25) is 15.1 Å². The van der Waals surface area contributed by atoms with Gasteiger partial charge in [0.05, 0.1) is 16.2 Å². The number of carbonyl (C=O) groups is 1. The van der Waals surface area contributed by atoms with E-state index in [4.69, 9.17) is 34.3 Å². The number of rotatable bonds is 4. The number of piperazine rings is 1. The zero-order chi connectivity index (χ0) is 23.8. The molecule has 2 heterocycles. The summed E-state index contributed by atoms with van der Waals surface area (Å²) >= 11 is 12.4. The van der Waals surface area contributed by atoms with Gasteiger partial charge in [-0.05, 0) is 36.6 Å². The van der Waals surface area contributed by atoms with Crippen LogP contribution >= 0.6 is 23.2 Å². The molecule has 4 N–H and O–H groups in total. The highest BCUT2D eigenvalue weighted by Crippen LogP contribution is 2.36. The highest BCUT2D eigenvalue weighted by molar-refractivity contribution is 6.37. The van der Waals surface area contributed by atoms with E-state index in [1.165, 1.54) is 6.07 Å². The zero-order valence-corrected chi connectivity index (χ0v) is 19.4. The molecule has 2 atom stereocenters.